The molecule has 0 aromatic heterocycles. The van der Waals surface area contributed by atoms with Gasteiger partial charge in [0, 0.05) is 11.6 Å². The Hall–Kier alpha value is -1.02. The van der Waals surface area contributed by atoms with Gasteiger partial charge in [0.05, 0.1) is 16.7 Å². The van der Waals surface area contributed by atoms with E-state index in [1.165, 1.54) is 4.90 Å². The second-order valence-corrected chi connectivity index (χ2v) is 7.62. The van der Waals surface area contributed by atoms with Crippen LogP contribution in [-0.2, 0) is 9.47 Å². The van der Waals surface area contributed by atoms with Crippen LogP contribution in [0.15, 0.2) is 16.6 Å². The smallest absolute Gasteiger partial charge is 0.415 e. The van der Waals surface area contributed by atoms with Gasteiger partial charge in [0.15, 0.2) is 18.1 Å². The first kappa shape index (κ1) is 19.3. The minimum Gasteiger partial charge on any atom is -0.480 e. The summed E-state index contributed by atoms with van der Waals surface area (Å²) in [4.78, 5) is 14.0. The van der Waals surface area contributed by atoms with E-state index in [4.69, 9.17) is 25.8 Å². The summed E-state index contributed by atoms with van der Waals surface area (Å²) in [7, 11) is 0. The third-order valence-electron chi connectivity index (χ3n) is 3.18. The van der Waals surface area contributed by atoms with Gasteiger partial charge in [0.2, 0.25) is 0 Å². The average Bonchev–Trinajstić information content (AvgIpc) is 2.44. The van der Waals surface area contributed by atoms with Crippen LogP contribution >= 0.6 is 27.5 Å². The second kappa shape index (κ2) is 7.47. The topological polar surface area (TPSA) is 68.2 Å². The Labute approximate surface area is 154 Å². The molecule has 0 spiro atoms. The van der Waals surface area contributed by atoms with Gasteiger partial charge >= 0.3 is 6.09 Å². The van der Waals surface area contributed by atoms with Crippen molar-refractivity contribution in [3.8, 4) is 5.75 Å². The van der Waals surface area contributed by atoms with Crippen molar-refractivity contribution in [3.63, 3.8) is 0 Å². The molecule has 0 fully saturated rings. The molecule has 0 saturated carbocycles. The number of amides is 1. The van der Waals surface area contributed by atoms with Crippen molar-refractivity contribution in [2.45, 2.75) is 45.7 Å². The molecule has 1 aromatic rings. The molecule has 0 bridgehead atoms. The molecule has 0 saturated heterocycles. The molecule has 8 heteroatoms. The van der Waals surface area contributed by atoms with Crippen LogP contribution in [-0.4, -0.2) is 42.3 Å². The number of anilines is 1. The predicted octanol–water partition coefficient (Wildman–Crippen LogP) is 3.96. The van der Waals surface area contributed by atoms with Gasteiger partial charge in [-0.15, -0.1) is 0 Å². The number of aliphatic hydroxyl groups is 1. The maximum Gasteiger partial charge on any atom is 0.415 e. The second-order valence-electron chi connectivity index (χ2n) is 6.33. The van der Waals surface area contributed by atoms with Gasteiger partial charge in [-0.2, -0.15) is 0 Å². The summed E-state index contributed by atoms with van der Waals surface area (Å²) in [5, 5.41) is 10.6. The quantitative estimate of drug-likeness (QED) is 0.747. The zero-order valence-electron chi connectivity index (χ0n) is 14.0. The highest BCUT2D eigenvalue weighted by atomic mass is 79.9. The number of halogens is 2. The van der Waals surface area contributed by atoms with E-state index in [9.17, 15) is 9.90 Å². The van der Waals surface area contributed by atoms with Crippen LogP contribution in [0.4, 0.5) is 10.5 Å². The van der Waals surface area contributed by atoms with Gasteiger partial charge in [-0.3, -0.25) is 4.90 Å². The van der Waals surface area contributed by atoms with Crippen LogP contribution in [0.5, 0.6) is 5.75 Å². The van der Waals surface area contributed by atoms with Crippen molar-refractivity contribution in [1.82, 2.24) is 0 Å². The fourth-order valence-electron chi connectivity index (χ4n) is 2.25. The number of benzene rings is 1. The fraction of sp³-hybridized carbons (Fsp3) is 0.562. The molecule has 1 N–H and O–H groups in total. The Bertz CT molecular complexity index is 619. The molecule has 2 atom stereocenters. The molecule has 1 aromatic carbocycles. The van der Waals surface area contributed by atoms with Crippen LogP contribution in [0, 0.1) is 0 Å². The van der Waals surface area contributed by atoms with E-state index in [0.29, 0.717) is 27.5 Å². The molecule has 134 valence electrons. The molecule has 1 heterocycles. The molecule has 0 aliphatic carbocycles. The average molecular weight is 423 g/mol. The molecule has 1 aliphatic rings. The zero-order chi connectivity index (χ0) is 18.1. The lowest BCUT2D eigenvalue weighted by molar-refractivity contribution is -0.149. The summed E-state index contributed by atoms with van der Waals surface area (Å²) in [5.74, 6) is 0.403. The number of carbonyl (C=O) groups excluding carboxylic acids is 1. The minimum absolute atomic E-state index is 0.0792. The molecule has 6 nitrogen and oxygen atoms in total. The Kier molecular flexibility index (Phi) is 6.01. The summed E-state index contributed by atoms with van der Waals surface area (Å²) < 4.78 is 17.0. The van der Waals surface area contributed by atoms with Gasteiger partial charge in [0.1, 0.15) is 5.60 Å². The van der Waals surface area contributed by atoms with Crippen molar-refractivity contribution >= 4 is 39.3 Å². The molecule has 24 heavy (non-hydrogen) atoms. The maximum absolute atomic E-state index is 12.6. The third kappa shape index (κ3) is 4.53. The van der Waals surface area contributed by atoms with Crippen molar-refractivity contribution < 1.29 is 24.1 Å². The zero-order valence-corrected chi connectivity index (χ0v) is 16.3. The number of ether oxygens (including phenoxy) is 3. The third-order valence-corrected chi connectivity index (χ3v) is 3.99. The Morgan fingerprint density at radius 2 is 2.21 bits per heavy atom. The Morgan fingerprint density at radius 1 is 1.54 bits per heavy atom. The predicted molar refractivity (Wildman–Crippen MR) is 94.8 cm³/mol. The van der Waals surface area contributed by atoms with E-state index in [1.54, 1.807) is 39.8 Å². The number of nitrogens with zero attached hydrogens (tertiary/aromatic N) is 1. The SMILES string of the molecule is CCOC(O)C1CN(C(=O)OC(C)(C)C)c2cc(Cl)cc(Br)c2O1. The van der Waals surface area contributed by atoms with Gasteiger partial charge < -0.3 is 19.3 Å². The number of hydrogen-bond donors (Lipinski definition) is 1. The molecule has 1 aliphatic heterocycles. The van der Waals surface area contributed by atoms with Crippen LogP contribution in [0.25, 0.3) is 0 Å². The largest absolute Gasteiger partial charge is 0.480 e. The Balaban J connectivity index is 2.39. The van der Waals surface area contributed by atoms with Crippen molar-refractivity contribution in [3.05, 3.63) is 21.6 Å². The number of carbonyl (C=O) groups is 1. The lowest BCUT2D eigenvalue weighted by atomic mass is 10.1. The molecule has 1 amide bonds. The van der Waals surface area contributed by atoms with Crippen LogP contribution < -0.4 is 9.64 Å². The van der Waals surface area contributed by atoms with Crippen molar-refractivity contribution in [1.29, 1.82) is 0 Å². The number of rotatable bonds is 3. The van der Waals surface area contributed by atoms with Crippen molar-refractivity contribution in [2.24, 2.45) is 0 Å². The lowest BCUT2D eigenvalue weighted by Crippen LogP contribution is -2.50. The highest BCUT2D eigenvalue weighted by Gasteiger charge is 2.37. The maximum atomic E-state index is 12.6. The molecular formula is C16H21BrClNO5. The summed E-state index contributed by atoms with van der Waals surface area (Å²) in [6, 6.07) is 3.28. The molecular weight excluding hydrogens is 402 g/mol. The minimum atomic E-state index is -1.17. The number of aliphatic hydroxyl groups excluding tert-OH is 1. The molecule has 0 radical (unpaired) electrons. The summed E-state index contributed by atoms with van der Waals surface area (Å²) >= 11 is 9.47. The normalized spacial score (nSPS) is 18.6. The van der Waals surface area contributed by atoms with E-state index in [2.05, 4.69) is 15.9 Å². The summed E-state index contributed by atoms with van der Waals surface area (Å²) in [6.45, 7) is 7.52. The lowest BCUT2D eigenvalue weighted by Gasteiger charge is -2.37. The van der Waals surface area contributed by atoms with E-state index in [0.717, 1.165) is 0 Å². The van der Waals surface area contributed by atoms with Gasteiger partial charge in [-0.1, -0.05) is 11.6 Å². The van der Waals surface area contributed by atoms with E-state index in [1.807, 2.05) is 0 Å². The van der Waals surface area contributed by atoms with Crippen LogP contribution in [0.2, 0.25) is 5.02 Å². The highest BCUT2D eigenvalue weighted by Crippen LogP contribution is 2.42. The van der Waals surface area contributed by atoms with Crippen LogP contribution in [0.3, 0.4) is 0 Å². The first-order valence-corrected chi connectivity index (χ1v) is 8.75. The fourth-order valence-corrected chi connectivity index (χ4v) is 3.13. The highest BCUT2D eigenvalue weighted by molar-refractivity contribution is 9.10. The van der Waals surface area contributed by atoms with Gasteiger partial charge in [-0.25, -0.2) is 4.79 Å². The monoisotopic (exact) mass is 421 g/mol. The first-order valence-electron chi connectivity index (χ1n) is 7.58. The van der Waals surface area contributed by atoms with E-state index < -0.39 is 24.1 Å². The van der Waals surface area contributed by atoms with E-state index >= 15 is 0 Å². The standard InChI is InChI=1S/C16H21BrClNO5/c1-5-22-14(20)12-8-19(15(21)24-16(2,3)4)11-7-9(18)6-10(17)13(11)23-12/h6-7,12,14,20H,5,8H2,1-4H3. The van der Waals surface area contributed by atoms with Crippen molar-refractivity contribution in [2.75, 3.05) is 18.1 Å². The number of fused-ring (bicyclic) bond motifs is 1. The Morgan fingerprint density at radius 3 is 2.79 bits per heavy atom. The van der Waals surface area contributed by atoms with Gasteiger partial charge in [0.25, 0.3) is 0 Å². The first-order chi connectivity index (χ1) is 11.1. The summed E-state index contributed by atoms with van der Waals surface area (Å²) in [6.07, 6.45) is -2.46. The number of hydrogen-bond acceptors (Lipinski definition) is 5. The van der Waals surface area contributed by atoms with E-state index in [-0.39, 0.29) is 6.54 Å². The molecule has 2 unspecified atom stereocenters. The van der Waals surface area contributed by atoms with Crippen LogP contribution in [0.1, 0.15) is 27.7 Å². The van der Waals surface area contributed by atoms with Gasteiger partial charge in [-0.05, 0) is 55.8 Å². The molecule has 2 rings (SSSR count). The summed E-state index contributed by atoms with van der Waals surface area (Å²) in [5.41, 5.74) is -0.178.